The highest BCUT2D eigenvalue weighted by atomic mass is 32.2. The fourth-order valence-corrected chi connectivity index (χ4v) is 3.11. The van der Waals surface area contributed by atoms with Crippen LogP contribution >= 0.6 is 11.8 Å². The van der Waals surface area contributed by atoms with E-state index in [1.165, 1.54) is 11.8 Å². The molecule has 0 atom stereocenters. The van der Waals surface area contributed by atoms with E-state index in [1.54, 1.807) is 12.3 Å². The molecule has 0 aliphatic carbocycles. The third kappa shape index (κ3) is 5.37. The SMILES string of the molecule is CCN(CC)CCNC(=O)c1cccnc1Sc1ccccc1. The maximum atomic E-state index is 12.4. The molecule has 0 spiro atoms. The van der Waals surface area contributed by atoms with E-state index in [-0.39, 0.29) is 5.91 Å². The van der Waals surface area contributed by atoms with Gasteiger partial charge in [-0.1, -0.05) is 43.8 Å². The molecular formula is C18H23N3OS. The molecule has 1 aromatic carbocycles. The highest BCUT2D eigenvalue weighted by molar-refractivity contribution is 7.99. The van der Waals surface area contributed by atoms with Crippen molar-refractivity contribution in [1.82, 2.24) is 15.2 Å². The van der Waals surface area contributed by atoms with Gasteiger partial charge >= 0.3 is 0 Å². The highest BCUT2D eigenvalue weighted by Gasteiger charge is 2.13. The summed E-state index contributed by atoms with van der Waals surface area (Å²) in [4.78, 5) is 20.1. The topological polar surface area (TPSA) is 45.2 Å². The van der Waals surface area contributed by atoms with Crippen molar-refractivity contribution >= 4 is 17.7 Å². The Morgan fingerprint density at radius 2 is 1.87 bits per heavy atom. The number of likely N-dealkylation sites (N-methyl/N-ethyl adjacent to an activating group) is 1. The number of nitrogens with one attached hydrogen (secondary N) is 1. The second-order valence-corrected chi connectivity index (χ2v) is 6.12. The summed E-state index contributed by atoms with van der Waals surface area (Å²) in [6.45, 7) is 7.75. The predicted molar refractivity (Wildman–Crippen MR) is 94.9 cm³/mol. The smallest absolute Gasteiger partial charge is 0.254 e. The Bertz CT molecular complexity index is 615. The van der Waals surface area contributed by atoms with Crippen LogP contribution in [0, 0.1) is 0 Å². The van der Waals surface area contributed by atoms with Gasteiger partial charge in [0.1, 0.15) is 5.03 Å². The number of benzene rings is 1. The molecule has 2 aromatic rings. The lowest BCUT2D eigenvalue weighted by Crippen LogP contribution is -2.35. The van der Waals surface area contributed by atoms with Gasteiger partial charge in [-0.3, -0.25) is 4.79 Å². The quantitative estimate of drug-likeness (QED) is 0.807. The van der Waals surface area contributed by atoms with E-state index in [2.05, 4.69) is 29.0 Å². The van der Waals surface area contributed by atoms with Gasteiger partial charge in [0.2, 0.25) is 0 Å². The van der Waals surface area contributed by atoms with Gasteiger partial charge in [-0.15, -0.1) is 0 Å². The molecule has 0 saturated heterocycles. The molecule has 0 fully saturated rings. The molecule has 1 amide bonds. The van der Waals surface area contributed by atoms with E-state index >= 15 is 0 Å². The predicted octanol–water partition coefficient (Wildman–Crippen LogP) is 3.30. The van der Waals surface area contributed by atoms with Crippen LogP contribution in [-0.2, 0) is 0 Å². The van der Waals surface area contributed by atoms with Crippen LogP contribution in [0.15, 0.2) is 58.6 Å². The van der Waals surface area contributed by atoms with E-state index < -0.39 is 0 Å². The van der Waals surface area contributed by atoms with E-state index in [1.807, 2.05) is 36.4 Å². The number of amides is 1. The second kappa shape index (κ2) is 9.33. The van der Waals surface area contributed by atoms with Crippen LogP contribution in [0.25, 0.3) is 0 Å². The molecular weight excluding hydrogens is 306 g/mol. The Balaban J connectivity index is 2.00. The zero-order valence-electron chi connectivity index (χ0n) is 13.7. The first-order chi connectivity index (χ1) is 11.2. The number of rotatable bonds is 8. The number of pyridine rings is 1. The molecule has 2 rings (SSSR count). The molecule has 0 aliphatic rings. The first-order valence-electron chi connectivity index (χ1n) is 7.93. The van der Waals surface area contributed by atoms with Crippen molar-refractivity contribution < 1.29 is 4.79 Å². The Hall–Kier alpha value is -1.85. The largest absolute Gasteiger partial charge is 0.351 e. The summed E-state index contributed by atoms with van der Waals surface area (Å²) >= 11 is 1.51. The summed E-state index contributed by atoms with van der Waals surface area (Å²) in [7, 11) is 0. The van der Waals surface area contributed by atoms with Crippen LogP contribution in [-0.4, -0.2) is 42.0 Å². The molecule has 0 bridgehead atoms. The van der Waals surface area contributed by atoms with Crippen molar-refractivity contribution in [1.29, 1.82) is 0 Å². The average Bonchev–Trinajstić information content (AvgIpc) is 2.60. The minimum Gasteiger partial charge on any atom is -0.351 e. The van der Waals surface area contributed by atoms with E-state index in [0.717, 1.165) is 29.6 Å². The van der Waals surface area contributed by atoms with E-state index in [0.29, 0.717) is 12.1 Å². The number of aromatic nitrogens is 1. The number of nitrogens with zero attached hydrogens (tertiary/aromatic N) is 2. The summed E-state index contributed by atoms with van der Waals surface area (Å²) in [6, 6.07) is 13.6. The normalized spacial score (nSPS) is 10.7. The summed E-state index contributed by atoms with van der Waals surface area (Å²) in [5.41, 5.74) is 0.626. The molecule has 1 N–H and O–H groups in total. The minimum absolute atomic E-state index is 0.0660. The minimum atomic E-state index is -0.0660. The van der Waals surface area contributed by atoms with Gasteiger partial charge in [0.05, 0.1) is 5.56 Å². The van der Waals surface area contributed by atoms with Gasteiger partial charge in [-0.2, -0.15) is 0 Å². The molecule has 0 unspecified atom stereocenters. The van der Waals surface area contributed by atoms with Gasteiger partial charge in [-0.25, -0.2) is 4.98 Å². The molecule has 5 heteroatoms. The van der Waals surface area contributed by atoms with Crippen molar-refractivity contribution in [2.75, 3.05) is 26.2 Å². The molecule has 1 aromatic heterocycles. The number of hydrogen-bond acceptors (Lipinski definition) is 4. The van der Waals surface area contributed by atoms with Crippen LogP contribution in [0.1, 0.15) is 24.2 Å². The maximum Gasteiger partial charge on any atom is 0.254 e. The van der Waals surface area contributed by atoms with Crippen molar-refractivity contribution in [3.8, 4) is 0 Å². The Kier molecular flexibility index (Phi) is 7.10. The van der Waals surface area contributed by atoms with E-state index in [9.17, 15) is 4.79 Å². The van der Waals surface area contributed by atoms with Crippen LogP contribution in [0.2, 0.25) is 0 Å². The van der Waals surface area contributed by atoms with Gasteiger partial charge in [0.15, 0.2) is 0 Å². The fourth-order valence-electron chi connectivity index (χ4n) is 2.21. The lowest BCUT2D eigenvalue weighted by molar-refractivity contribution is 0.0945. The molecule has 0 saturated carbocycles. The zero-order chi connectivity index (χ0) is 16.5. The van der Waals surface area contributed by atoms with Gasteiger partial charge in [0.25, 0.3) is 5.91 Å². The van der Waals surface area contributed by atoms with Crippen molar-refractivity contribution in [2.45, 2.75) is 23.8 Å². The first kappa shape index (κ1) is 17.5. The summed E-state index contributed by atoms with van der Waals surface area (Å²) < 4.78 is 0. The molecule has 0 aliphatic heterocycles. The lowest BCUT2D eigenvalue weighted by Gasteiger charge is -2.18. The van der Waals surface area contributed by atoms with Crippen molar-refractivity contribution in [2.24, 2.45) is 0 Å². The zero-order valence-corrected chi connectivity index (χ0v) is 14.5. The number of hydrogen-bond donors (Lipinski definition) is 1. The molecule has 1 heterocycles. The lowest BCUT2D eigenvalue weighted by atomic mass is 10.2. The Labute approximate surface area is 142 Å². The van der Waals surface area contributed by atoms with Gasteiger partial charge < -0.3 is 10.2 Å². The first-order valence-corrected chi connectivity index (χ1v) is 8.74. The molecule has 122 valence electrons. The van der Waals surface area contributed by atoms with Crippen LogP contribution in [0.5, 0.6) is 0 Å². The van der Waals surface area contributed by atoms with Crippen molar-refractivity contribution in [3.63, 3.8) is 0 Å². The third-order valence-corrected chi connectivity index (χ3v) is 4.61. The summed E-state index contributed by atoms with van der Waals surface area (Å²) in [5.74, 6) is -0.0660. The summed E-state index contributed by atoms with van der Waals surface area (Å²) in [5, 5.41) is 3.73. The van der Waals surface area contributed by atoms with Gasteiger partial charge in [0, 0.05) is 24.2 Å². The fraction of sp³-hybridized carbons (Fsp3) is 0.333. The van der Waals surface area contributed by atoms with Crippen molar-refractivity contribution in [3.05, 3.63) is 54.2 Å². The summed E-state index contributed by atoms with van der Waals surface area (Å²) in [6.07, 6.45) is 1.72. The monoisotopic (exact) mass is 329 g/mol. The molecule has 0 radical (unpaired) electrons. The number of carbonyl (C=O) groups excluding carboxylic acids is 1. The third-order valence-electron chi connectivity index (χ3n) is 3.58. The Morgan fingerprint density at radius 3 is 2.57 bits per heavy atom. The number of carbonyl (C=O) groups is 1. The maximum absolute atomic E-state index is 12.4. The van der Waals surface area contributed by atoms with Crippen LogP contribution in [0.3, 0.4) is 0 Å². The van der Waals surface area contributed by atoms with Crippen LogP contribution < -0.4 is 5.32 Å². The van der Waals surface area contributed by atoms with Crippen LogP contribution in [0.4, 0.5) is 0 Å². The van der Waals surface area contributed by atoms with Gasteiger partial charge in [-0.05, 0) is 37.4 Å². The molecule has 4 nitrogen and oxygen atoms in total. The average molecular weight is 329 g/mol. The van der Waals surface area contributed by atoms with E-state index in [4.69, 9.17) is 0 Å². The molecule has 23 heavy (non-hydrogen) atoms. The Morgan fingerprint density at radius 1 is 1.13 bits per heavy atom. The standard InChI is InChI=1S/C18H23N3OS/c1-3-21(4-2)14-13-19-17(22)16-11-8-12-20-18(16)23-15-9-6-5-7-10-15/h5-12H,3-4,13-14H2,1-2H3,(H,19,22). The highest BCUT2D eigenvalue weighted by Crippen LogP contribution is 2.28. The second-order valence-electron chi connectivity index (χ2n) is 5.05.